The van der Waals surface area contributed by atoms with Crippen molar-refractivity contribution in [2.45, 2.75) is 39.0 Å². The average molecular weight is 272 g/mol. The molecule has 1 heterocycles. The van der Waals surface area contributed by atoms with Crippen LogP contribution in [-0.2, 0) is 0 Å². The van der Waals surface area contributed by atoms with Gasteiger partial charge in [0.15, 0.2) is 0 Å². The first-order chi connectivity index (χ1) is 8.13. The minimum atomic E-state index is 0.591. The summed E-state index contributed by atoms with van der Waals surface area (Å²) in [5, 5.41) is 3.05. The third-order valence-corrected chi connectivity index (χ3v) is 5.75. The van der Waals surface area contributed by atoms with Gasteiger partial charge in [-0.3, -0.25) is 0 Å². The Labute approximate surface area is 113 Å². The van der Waals surface area contributed by atoms with Gasteiger partial charge in [0.2, 0.25) is 0 Å². The van der Waals surface area contributed by atoms with Gasteiger partial charge in [-0.15, -0.1) is 11.3 Å². The Morgan fingerprint density at radius 1 is 1.47 bits per heavy atom. The van der Waals surface area contributed by atoms with Crippen LogP contribution >= 0.6 is 22.9 Å². The Morgan fingerprint density at radius 3 is 2.76 bits per heavy atom. The molecular weight excluding hydrogens is 250 g/mol. The van der Waals surface area contributed by atoms with Crippen LogP contribution in [0.3, 0.4) is 0 Å². The van der Waals surface area contributed by atoms with Crippen LogP contribution in [0.5, 0.6) is 0 Å². The molecule has 0 radical (unpaired) electrons. The quantitative estimate of drug-likeness (QED) is 0.860. The lowest BCUT2D eigenvalue weighted by Crippen LogP contribution is -2.30. The van der Waals surface area contributed by atoms with Crippen LogP contribution in [0, 0.1) is 17.8 Å². The van der Waals surface area contributed by atoms with Gasteiger partial charge in [-0.1, -0.05) is 25.4 Å². The molecule has 2 N–H and O–H groups in total. The van der Waals surface area contributed by atoms with Crippen molar-refractivity contribution in [2.75, 3.05) is 6.54 Å². The second kappa shape index (κ2) is 5.73. The van der Waals surface area contributed by atoms with E-state index in [1.54, 1.807) is 11.3 Å². The van der Waals surface area contributed by atoms with E-state index in [1.165, 1.54) is 24.1 Å². The summed E-state index contributed by atoms with van der Waals surface area (Å²) in [6.45, 7) is 5.46. The zero-order valence-corrected chi connectivity index (χ0v) is 12.2. The first-order valence-corrected chi connectivity index (χ1v) is 7.82. The maximum absolute atomic E-state index is 6.29. The molecule has 0 saturated heterocycles. The topological polar surface area (TPSA) is 26.0 Å². The van der Waals surface area contributed by atoms with Gasteiger partial charge in [-0.05, 0) is 60.9 Å². The molecule has 1 aromatic heterocycles. The van der Waals surface area contributed by atoms with Gasteiger partial charge in [0.1, 0.15) is 0 Å². The summed E-state index contributed by atoms with van der Waals surface area (Å²) in [5.41, 5.74) is 5.93. The maximum atomic E-state index is 6.29. The van der Waals surface area contributed by atoms with Gasteiger partial charge in [-0.25, -0.2) is 0 Å². The molecule has 0 amide bonds. The SMILES string of the molecule is CC(C)C1CCC(CN)C(c2sccc2Cl)C1. The molecule has 3 unspecified atom stereocenters. The number of thiophene rings is 1. The molecule has 1 fully saturated rings. The van der Waals surface area contributed by atoms with Gasteiger partial charge in [-0.2, -0.15) is 0 Å². The van der Waals surface area contributed by atoms with E-state index in [1.807, 2.05) is 6.07 Å². The van der Waals surface area contributed by atoms with E-state index in [0.717, 1.165) is 23.4 Å². The number of halogens is 1. The van der Waals surface area contributed by atoms with Gasteiger partial charge < -0.3 is 5.73 Å². The Bertz CT molecular complexity index is 361. The zero-order valence-electron chi connectivity index (χ0n) is 10.7. The van der Waals surface area contributed by atoms with Crippen molar-refractivity contribution in [1.82, 2.24) is 0 Å². The van der Waals surface area contributed by atoms with E-state index in [-0.39, 0.29) is 0 Å². The van der Waals surface area contributed by atoms with Crippen molar-refractivity contribution in [3.63, 3.8) is 0 Å². The molecule has 0 spiro atoms. The van der Waals surface area contributed by atoms with Crippen LogP contribution < -0.4 is 5.73 Å². The van der Waals surface area contributed by atoms with Crippen molar-refractivity contribution >= 4 is 22.9 Å². The highest BCUT2D eigenvalue weighted by molar-refractivity contribution is 7.10. The van der Waals surface area contributed by atoms with Crippen LogP contribution in [0.4, 0.5) is 0 Å². The maximum Gasteiger partial charge on any atom is 0.0547 e. The molecule has 3 heteroatoms. The van der Waals surface area contributed by atoms with Crippen molar-refractivity contribution in [3.8, 4) is 0 Å². The third kappa shape index (κ3) is 2.86. The lowest BCUT2D eigenvalue weighted by molar-refractivity contribution is 0.199. The smallest absolute Gasteiger partial charge is 0.0547 e. The molecule has 17 heavy (non-hydrogen) atoms. The second-order valence-corrected chi connectivity index (χ2v) is 6.91. The van der Waals surface area contributed by atoms with Crippen LogP contribution in [0.15, 0.2) is 11.4 Å². The first-order valence-electron chi connectivity index (χ1n) is 6.56. The van der Waals surface area contributed by atoms with Crippen molar-refractivity contribution in [3.05, 3.63) is 21.3 Å². The number of hydrogen-bond acceptors (Lipinski definition) is 2. The number of hydrogen-bond donors (Lipinski definition) is 1. The van der Waals surface area contributed by atoms with Crippen molar-refractivity contribution in [1.29, 1.82) is 0 Å². The first kappa shape index (κ1) is 13.4. The highest BCUT2D eigenvalue weighted by Crippen LogP contribution is 2.46. The van der Waals surface area contributed by atoms with Crippen molar-refractivity contribution < 1.29 is 0 Å². The van der Waals surface area contributed by atoms with Crippen molar-refractivity contribution in [2.24, 2.45) is 23.5 Å². The van der Waals surface area contributed by atoms with Gasteiger partial charge >= 0.3 is 0 Å². The fraction of sp³-hybridized carbons (Fsp3) is 0.714. The molecule has 1 aliphatic rings. The molecule has 1 aliphatic carbocycles. The predicted octanol–water partition coefficient (Wildman–Crippen LogP) is 4.52. The summed E-state index contributed by atoms with van der Waals surface area (Å²) < 4.78 is 0. The molecule has 1 aromatic rings. The van der Waals surface area contributed by atoms with Gasteiger partial charge in [0, 0.05) is 4.88 Å². The lowest BCUT2D eigenvalue weighted by atomic mass is 9.70. The van der Waals surface area contributed by atoms with Gasteiger partial charge in [0.25, 0.3) is 0 Å². The minimum Gasteiger partial charge on any atom is -0.330 e. The summed E-state index contributed by atoms with van der Waals surface area (Å²) in [6, 6.07) is 2.02. The van der Waals surface area contributed by atoms with Crippen LogP contribution in [0.25, 0.3) is 0 Å². The molecule has 1 saturated carbocycles. The molecule has 0 bridgehead atoms. The highest BCUT2D eigenvalue weighted by Gasteiger charge is 2.33. The standard InChI is InChI=1S/C14H22ClNS/c1-9(2)10-3-4-11(8-16)12(7-10)14-13(15)5-6-17-14/h5-6,9-12H,3-4,7-8,16H2,1-2H3. The van der Waals surface area contributed by atoms with E-state index >= 15 is 0 Å². The van der Waals surface area contributed by atoms with Crippen LogP contribution in [-0.4, -0.2) is 6.54 Å². The fourth-order valence-electron chi connectivity index (χ4n) is 3.04. The van der Waals surface area contributed by atoms with E-state index in [9.17, 15) is 0 Å². The van der Waals surface area contributed by atoms with E-state index in [0.29, 0.717) is 11.8 Å². The fourth-order valence-corrected chi connectivity index (χ4v) is 4.45. The zero-order chi connectivity index (χ0) is 12.4. The number of nitrogens with two attached hydrogens (primary N) is 1. The summed E-state index contributed by atoms with van der Waals surface area (Å²) in [4.78, 5) is 1.37. The molecule has 0 aliphatic heterocycles. The molecule has 96 valence electrons. The monoisotopic (exact) mass is 271 g/mol. The second-order valence-electron chi connectivity index (χ2n) is 5.55. The minimum absolute atomic E-state index is 0.591. The van der Waals surface area contributed by atoms with Crippen LogP contribution in [0.1, 0.15) is 43.9 Å². The summed E-state index contributed by atoms with van der Waals surface area (Å²) in [5.74, 6) is 2.82. The molecule has 3 atom stereocenters. The van der Waals surface area contributed by atoms with Crippen LogP contribution in [0.2, 0.25) is 5.02 Å². The average Bonchev–Trinajstić information content (AvgIpc) is 2.74. The number of rotatable bonds is 3. The third-order valence-electron chi connectivity index (χ3n) is 4.26. The van der Waals surface area contributed by atoms with Gasteiger partial charge in [0.05, 0.1) is 5.02 Å². The molecule has 2 rings (SSSR count). The molecular formula is C14H22ClNS. The predicted molar refractivity (Wildman–Crippen MR) is 76.8 cm³/mol. The molecule has 0 aromatic carbocycles. The van der Waals surface area contributed by atoms with E-state index < -0.39 is 0 Å². The lowest BCUT2D eigenvalue weighted by Gasteiger charge is -2.37. The normalized spacial score (nSPS) is 29.8. The largest absolute Gasteiger partial charge is 0.330 e. The van der Waals surface area contributed by atoms with E-state index in [4.69, 9.17) is 17.3 Å². The highest BCUT2D eigenvalue weighted by atomic mass is 35.5. The summed E-state index contributed by atoms with van der Waals surface area (Å²) >= 11 is 8.09. The molecule has 1 nitrogen and oxygen atoms in total. The summed E-state index contributed by atoms with van der Waals surface area (Å²) in [6.07, 6.45) is 3.86. The Morgan fingerprint density at radius 2 is 2.24 bits per heavy atom. The Balaban J connectivity index is 2.18. The Kier molecular flexibility index (Phi) is 4.51. The summed E-state index contributed by atoms with van der Waals surface area (Å²) in [7, 11) is 0. The Hall–Kier alpha value is -0.0500. The van der Waals surface area contributed by atoms with E-state index in [2.05, 4.69) is 19.2 Å².